The van der Waals surface area contributed by atoms with E-state index < -0.39 is 37.5 Å². The number of hydrogen-bond donors (Lipinski definition) is 2. The summed E-state index contributed by atoms with van der Waals surface area (Å²) in [5.74, 6) is -1.54. The maximum atomic E-state index is 13.0. The molecule has 2 N–H and O–H groups in total. The molecule has 9 heteroatoms. The van der Waals surface area contributed by atoms with E-state index in [1.54, 1.807) is 12.1 Å². The Hall–Kier alpha value is -2.53. The molecular formula is C44H63ClO7Si. The molecule has 1 heterocycles. The molecule has 53 heavy (non-hydrogen) atoms. The quantitative estimate of drug-likeness (QED) is 0.0569. The lowest BCUT2D eigenvalue weighted by Gasteiger charge is -2.47. The number of unbranched alkanes of at least 4 members (excludes halogenated alkanes) is 3. The van der Waals surface area contributed by atoms with E-state index in [9.17, 15) is 9.90 Å². The van der Waals surface area contributed by atoms with Gasteiger partial charge in [0.05, 0.1) is 24.4 Å². The summed E-state index contributed by atoms with van der Waals surface area (Å²) >= 11 is 7.07. The molecule has 292 valence electrons. The van der Waals surface area contributed by atoms with Gasteiger partial charge in [0, 0.05) is 31.3 Å². The second kappa shape index (κ2) is 21.0. The predicted octanol–water partition coefficient (Wildman–Crippen LogP) is 8.49. The molecule has 7 nitrogen and oxygen atoms in total. The zero-order chi connectivity index (χ0) is 38.3. The van der Waals surface area contributed by atoms with E-state index in [2.05, 4.69) is 41.2 Å². The fourth-order valence-corrected chi connectivity index (χ4v) is 11.1. The first-order valence-corrected chi connectivity index (χ1v) is 22.0. The second-order valence-corrected chi connectivity index (χ2v) is 19.2. The Bertz CT molecular complexity index is 1480. The number of ether oxygens (including phenoxy) is 5. The van der Waals surface area contributed by atoms with Crippen LogP contribution in [0.5, 0.6) is 5.75 Å². The average Bonchev–Trinajstić information content (AvgIpc) is 3.16. The molecule has 1 saturated heterocycles. The molecule has 1 aliphatic rings. The summed E-state index contributed by atoms with van der Waals surface area (Å²) in [7, 11) is -3.28. The van der Waals surface area contributed by atoms with Gasteiger partial charge in [0.15, 0.2) is 0 Å². The van der Waals surface area contributed by atoms with Crippen LogP contribution in [0.2, 0.25) is 10.1 Å². The third-order valence-electron chi connectivity index (χ3n) is 10.4. The minimum atomic E-state index is -3.28. The van der Waals surface area contributed by atoms with Crippen molar-refractivity contribution in [2.45, 2.75) is 122 Å². The van der Waals surface area contributed by atoms with Gasteiger partial charge in [0.1, 0.15) is 18.5 Å². The van der Waals surface area contributed by atoms with Crippen molar-refractivity contribution in [3.05, 3.63) is 102 Å². The largest absolute Gasteiger partial charge is 0.489 e. The van der Waals surface area contributed by atoms with Crippen LogP contribution in [0.3, 0.4) is 0 Å². The van der Waals surface area contributed by atoms with Crippen molar-refractivity contribution < 1.29 is 33.6 Å². The van der Waals surface area contributed by atoms with Gasteiger partial charge in [-0.3, -0.25) is 0 Å². The van der Waals surface area contributed by atoms with Gasteiger partial charge in [0.2, 0.25) is 5.79 Å². The van der Waals surface area contributed by atoms with E-state index in [1.165, 1.54) is 0 Å². The summed E-state index contributed by atoms with van der Waals surface area (Å²) in [5.41, 5.74) is 1.24. The van der Waals surface area contributed by atoms with Gasteiger partial charge in [0.25, 0.3) is 8.32 Å². The standard InChI is InChI=1S/C44H63ClO7Si/c1-7-11-27-48-33-35-31-41(50-28-12-8-2)42(51-29-13-9-3)44(46,52-35)38-30-34(39(45)32-40(38)49-26-10-4)24-25-43(5,6)53(47,36-20-16-14-17-21-36)37-22-18-15-19-23-37/h10,14-23,30,32,35,41-42,46-47H,4,7-9,11-13,24-29,31,33H2,1-3,5-6H3/t35-,41-,42+,44?/m0/s1. The highest BCUT2D eigenvalue weighted by molar-refractivity contribution is 6.98. The summed E-state index contributed by atoms with van der Waals surface area (Å²) in [6.07, 6.45) is 7.24. The first kappa shape index (κ1) is 43.2. The lowest BCUT2D eigenvalue weighted by atomic mass is 9.87. The zero-order valence-corrected chi connectivity index (χ0v) is 34.4. The van der Waals surface area contributed by atoms with Crippen LogP contribution in [0.15, 0.2) is 85.5 Å². The van der Waals surface area contributed by atoms with Crippen molar-refractivity contribution in [2.24, 2.45) is 0 Å². The molecule has 1 unspecified atom stereocenters. The minimum Gasteiger partial charge on any atom is -0.489 e. The van der Waals surface area contributed by atoms with Crippen LogP contribution in [-0.2, 0) is 31.2 Å². The van der Waals surface area contributed by atoms with E-state index in [-0.39, 0.29) is 6.61 Å². The first-order chi connectivity index (χ1) is 25.5. The van der Waals surface area contributed by atoms with Crippen molar-refractivity contribution >= 4 is 30.3 Å². The smallest absolute Gasteiger partial charge is 0.258 e. The Labute approximate surface area is 324 Å². The lowest BCUT2D eigenvalue weighted by Crippen LogP contribution is -2.65. The van der Waals surface area contributed by atoms with Crippen LogP contribution in [0.4, 0.5) is 0 Å². The Kier molecular flexibility index (Phi) is 17.1. The fourth-order valence-electron chi connectivity index (χ4n) is 7.17. The normalized spacial score (nSPS) is 20.7. The van der Waals surface area contributed by atoms with Crippen LogP contribution in [-0.4, -0.2) is 69.6 Å². The predicted molar refractivity (Wildman–Crippen MR) is 218 cm³/mol. The van der Waals surface area contributed by atoms with Crippen molar-refractivity contribution in [1.82, 2.24) is 0 Å². The highest BCUT2D eigenvalue weighted by Crippen LogP contribution is 2.46. The van der Waals surface area contributed by atoms with Crippen molar-refractivity contribution in [3.63, 3.8) is 0 Å². The van der Waals surface area contributed by atoms with Gasteiger partial charge in [-0.25, -0.2) is 0 Å². The second-order valence-electron chi connectivity index (χ2n) is 14.9. The molecule has 1 fully saturated rings. The van der Waals surface area contributed by atoms with Gasteiger partial charge in [-0.2, -0.15) is 0 Å². The topological polar surface area (TPSA) is 86.6 Å². The number of aliphatic hydroxyl groups is 1. The molecule has 0 bridgehead atoms. The summed E-state index contributed by atoms with van der Waals surface area (Å²) in [4.78, 5) is 12.8. The van der Waals surface area contributed by atoms with Gasteiger partial charge in [-0.05, 0) is 65.2 Å². The SMILES string of the molecule is C=CCOc1cc(Cl)c(CCC(C)(C)[Si](O)(c2ccccc2)c2ccccc2)cc1C1(O)O[C@H](COCCCC)C[C@H](OCCCC)[C@H]1OCCCC. The molecule has 0 aliphatic carbocycles. The van der Waals surface area contributed by atoms with Crippen LogP contribution in [0.1, 0.15) is 97.1 Å². The Morgan fingerprint density at radius 2 is 1.49 bits per heavy atom. The molecular weight excluding hydrogens is 704 g/mol. The number of hydrogen-bond acceptors (Lipinski definition) is 7. The van der Waals surface area contributed by atoms with Gasteiger partial charge in [-0.15, -0.1) is 0 Å². The minimum absolute atomic E-state index is 0.208. The number of aryl methyl sites for hydroxylation is 1. The first-order valence-electron chi connectivity index (χ1n) is 19.7. The third kappa shape index (κ3) is 10.8. The molecule has 0 saturated carbocycles. The molecule has 0 spiro atoms. The van der Waals surface area contributed by atoms with Gasteiger partial charge in [-0.1, -0.05) is 139 Å². The van der Waals surface area contributed by atoms with E-state index in [4.69, 9.17) is 35.3 Å². The van der Waals surface area contributed by atoms with Crippen LogP contribution >= 0.6 is 11.6 Å². The number of halogens is 1. The Morgan fingerprint density at radius 3 is 2.08 bits per heavy atom. The van der Waals surface area contributed by atoms with Gasteiger partial charge < -0.3 is 33.6 Å². The maximum Gasteiger partial charge on any atom is 0.258 e. The van der Waals surface area contributed by atoms with Crippen molar-refractivity contribution in [2.75, 3.05) is 33.0 Å². The summed E-state index contributed by atoms with van der Waals surface area (Å²) in [5, 5.41) is 14.9. The molecule has 3 aromatic carbocycles. The highest BCUT2D eigenvalue weighted by atomic mass is 35.5. The molecule has 0 radical (unpaired) electrons. The summed E-state index contributed by atoms with van der Waals surface area (Å²) < 4.78 is 32.0. The fraction of sp³-hybridized carbons (Fsp3) is 0.545. The van der Waals surface area contributed by atoms with Crippen LogP contribution in [0, 0.1) is 0 Å². The number of rotatable bonds is 23. The van der Waals surface area contributed by atoms with Crippen molar-refractivity contribution in [1.29, 1.82) is 0 Å². The van der Waals surface area contributed by atoms with Crippen LogP contribution in [0.25, 0.3) is 0 Å². The monoisotopic (exact) mass is 766 g/mol. The molecule has 0 amide bonds. The van der Waals surface area contributed by atoms with Crippen LogP contribution < -0.4 is 15.1 Å². The lowest BCUT2D eigenvalue weighted by molar-refractivity contribution is -0.348. The Balaban J connectivity index is 1.78. The van der Waals surface area contributed by atoms with E-state index >= 15 is 0 Å². The van der Waals surface area contributed by atoms with Crippen molar-refractivity contribution in [3.8, 4) is 5.75 Å². The molecule has 4 atom stereocenters. The molecule has 3 aromatic rings. The summed E-state index contributed by atoms with van der Waals surface area (Å²) in [6, 6.07) is 23.7. The number of benzene rings is 3. The van der Waals surface area contributed by atoms with E-state index in [1.807, 2.05) is 66.7 Å². The zero-order valence-electron chi connectivity index (χ0n) is 32.7. The maximum absolute atomic E-state index is 13.0. The Morgan fingerprint density at radius 1 is 0.906 bits per heavy atom. The van der Waals surface area contributed by atoms with E-state index in [0.717, 1.165) is 54.5 Å². The highest BCUT2D eigenvalue weighted by Gasteiger charge is 2.54. The van der Waals surface area contributed by atoms with Gasteiger partial charge >= 0.3 is 0 Å². The molecule has 0 aromatic heterocycles. The third-order valence-corrected chi connectivity index (χ3v) is 15.3. The van der Waals surface area contributed by atoms with E-state index in [0.29, 0.717) is 62.0 Å². The molecule has 4 rings (SSSR count). The molecule has 1 aliphatic heterocycles. The average molecular weight is 768 g/mol. The summed E-state index contributed by atoms with van der Waals surface area (Å²) in [6.45, 7) is 16.6.